The lowest BCUT2D eigenvalue weighted by atomic mass is 10.1. The molecule has 0 saturated carbocycles. The van der Waals surface area contributed by atoms with Crippen molar-refractivity contribution in [3.63, 3.8) is 0 Å². The number of rotatable bonds is 8. The van der Waals surface area contributed by atoms with Crippen LogP contribution >= 0.6 is 0 Å². The van der Waals surface area contributed by atoms with Gasteiger partial charge in [0.2, 0.25) is 0 Å². The molecular weight excluding hydrogens is 290 g/mol. The number of aryl methyl sites for hydroxylation is 1. The zero-order valence-corrected chi connectivity index (χ0v) is 13.9. The summed E-state index contributed by atoms with van der Waals surface area (Å²) in [5, 5.41) is 16.3. The first-order valence-electron chi connectivity index (χ1n) is 8.15. The molecule has 1 aromatic heterocycles. The molecule has 0 aliphatic rings. The molecule has 5 heteroatoms. The summed E-state index contributed by atoms with van der Waals surface area (Å²) in [7, 11) is 0. The number of aromatic nitrogens is 2. The van der Waals surface area contributed by atoms with Crippen molar-refractivity contribution in [1.82, 2.24) is 15.1 Å². The van der Waals surface area contributed by atoms with Gasteiger partial charge in [-0.15, -0.1) is 0 Å². The molecule has 2 rings (SSSR count). The molecule has 0 saturated heterocycles. The SMILES string of the molecule is CCCCn1ncc(C(=O)NCCc2ccc(CO)cc2)c1C. The maximum Gasteiger partial charge on any atom is 0.254 e. The van der Waals surface area contributed by atoms with Gasteiger partial charge < -0.3 is 10.4 Å². The molecule has 0 fully saturated rings. The lowest BCUT2D eigenvalue weighted by molar-refractivity contribution is 0.0953. The van der Waals surface area contributed by atoms with Gasteiger partial charge in [0.1, 0.15) is 0 Å². The summed E-state index contributed by atoms with van der Waals surface area (Å²) in [5.41, 5.74) is 3.60. The van der Waals surface area contributed by atoms with E-state index in [1.807, 2.05) is 35.9 Å². The van der Waals surface area contributed by atoms with Crippen LogP contribution in [0, 0.1) is 6.92 Å². The first kappa shape index (κ1) is 17.2. The van der Waals surface area contributed by atoms with Crippen LogP contribution in [-0.4, -0.2) is 27.3 Å². The molecule has 0 radical (unpaired) electrons. The average molecular weight is 315 g/mol. The topological polar surface area (TPSA) is 67.2 Å². The molecule has 0 bridgehead atoms. The Labute approximate surface area is 137 Å². The highest BCUT2D eigenvalue weighted by Crippen LogP contribution is 2.09. The molecule has 0 spiro atoms. The van der Waals surface area contributed by atoms with Gasteiger partial charge in [0.05, 0.1) is 18.4 Å². The molecule has 124 valence electrons. The zero-order chi connectivity index (χ0) is 16.7. The maximum atomic E-state index is 12.2. The number of aliphatic hydroxyl groups is 1. The van der Waals surface area contributed by atoms with Gasteiger partial charge in [-0.2, -0.15) is 5.10 Å². The second kappa shape index (κ2) is 8.48. The highest BCUT2D eigenvalue weighted by molar-refractivity contribution is 5.95. The summed E-state index contributed by atoms with van der Waals surface area (Å²) in [4.78, 5) is 12.2. The van der Waals surface area contributed by atoms with Crippen molar-refractivity contribution in [2.75, 3.05) is 6.54 Å². The van der Waals surface area contributed by atoms with E-state index in [9.17, 15) is 4.79 Å². The van der Waals surface area contributed by atoms with E-state index in [4.69, 9.17) is 5.11 Å². The second-order valence-electron chi connectivity index (χ2n) is 5.70. The van der Waals surface area contributed by atoms with E-state index in [1.165, 1.54) is 0 Å². The lowest BCUT2D eigenvalue weighted by Crippen LogP contribution is -2.26. The van der Waals surface area contributed by atoms with Crippen molar-refractivity contribution < 1.29 is 9.90 Å². The molecule has 0 atom stereocenters. The van der Waals surface area contributed by atoms with Crippen LogP contribution < -0.4 is 5.32 Å². The van der Waals surface area contributed by atoms with E-state index >= 15 is 0 Å². The van der Waals surface area contributed by atoms with Crippen LogP contribution in [0.5, 0.6) is 0 Å². The van der Waals surface area contributed by atoms with E-state index in [1.54, 1.807) is 6.20 Å². The second-order valence-corrected chi connectivity index (χ2v) is 5.70. The van der Waals surface area contributed by atoms with Crippen LogP contribution in [0.15, 0.2) is 30.5 Å². The average Bonchev–Trinajstić information content (AvgIpc) is 2.94. The van der Waals surface area contributed by atoms with Crippen LogP contribution in [-0.2, 0) is 19.6 Å². The lowest BCUT2D eigenvalue weighted by Gasteiger charge is -2.07. The largest absolute Gasteiger partial charge is 0.392 e. The number of nitrogens with one attached hydrogen (secondary N) is 1. The van der Waals surface area contributed by atoms with Crippen molar-refractivity contribution in [3.05, 3.63) is 52.8 Å². The van der Waals surface area contributed by atoms with Crippen molar-refractivity contribution >= 4 is 5.91 Å². The minimum Gasteiger partial charge on any atom is -0.392 e. The number of nitrogens with zero attached hydrogens (tertiary/aromatic N) is 2. The number of hydrogen-bond acceptors (Lipinski definition) is 3. The van der Waals surface area contributed by atoms with Gasteiger partial charge in [-0.25, -0.2) is 0 Å². The molecular formula is C18H25N3O2. The van der Waals surface area contributed by atoms with Gasteiger partial charge in [0.15, 0.2) is 0 Å². The van der Waals surface area contributed by atoms with Crippen LogP contribution in [0.4, 0.5) is 0 Å². The fourth-order valence-corrected chi connectivity index (χ4v) is 2.43. The fourth-order valence-electron chi connectivity index (χ4n) is 2.43. The van der Waals surface area contributed by atoms with Gasteiger partial charge in [0, 0.05) is 18.8 Å². The summed E-state index contributed by atoms with van der Waals surface area (Å²) >= 11 is 0. The quantitative estimate of drug-likeness (QED) is 0.786. The van der Waals surface area contributed by atoms with E-state index < -0.39 is 0 Å². The number of amides is 1. The predicted octanol–water partition coefficient (Wildman–Crippen LogP) is 2.46. The zero-order valence-electron chi connectivity index (χ0n) is 13.9. The van der Waals surface area contributed by atoms with Gasteiger partial charge in [0.25, 0.3) is 5.91 Å². The van der Waals surface area contributed by atoms with Crippen LogP contribution in [0.2, 0.25) is 0 Å². The summed E-state index contributed by atoms with van der Waals surface area (Å²) in [5.74, 6) is -0.0720. The molecule has 1 heterocycles. The monoisotopic (exact) mass is 315 g/mol. The van der Waals surface area contributed by atoms with E-state index in [0.29, 0.717) is 12.1 Å². The summed E-state index contributed by atoms with van der Waals surface area (Å²) in [6.45, 7) is 5.56. The molecule has 5 nitrogen and oxygen atoms in total. The minimum absolute atomic E-state index is 0.0539. The molecule has 0 unspecified atom stereocenters. The number of carbonyl (C=O) groups is 1. The Morgan fingerprint density at radius 2 is 1.96 bits per heavy atom. The number of aliphatic hydroxyl groups excluding tert-OH is 1. The van der Waals surface area contributed by atoms with Crippen molar-refractivity contribution in [2.45, 2.75) is 46.3 Å². The molecule has 0 aliphatic carbocycles. The molecule has 2 aromatic rings. The highest BCUT2D eigenvalue weighted by Gasteiger charge is 2.13. The van der Waals surface area contributed by atoms with Crippen molar-refractivity contribution in [3.8, 4) is 0 Å². The fraction of sp³-hybridized carbons (Fsp3) is 0.444. The van der Waals surface area contributed by atoms with Crippen molar-refractivity contribution in [1.29, 1.82) is 0 Å². The van der Waals surface area contributed by atoms with E-state index in [-0.39, 0.29) is 12.5 Å². The number of unbranched alkanes of at least 4 members (excludes halogenated alkanes) is 1. The maximum absolute atomic E-state index is 12.2. The third-order valence-electron chi connectivity index (χ3n) is 3.98. The Morgan fingerprint density at radius 1 is 1.26 bits per heavy atom. The van der Waals surface area contributed by atoms with Gasteiger partial charge in [-0.3, -0.25) is 9.48 Å². The van der Waals surface area contributed by atoms with Gasteiger partial charge in [-0.05, 0) is 30.9 Å². The van der Waals surface area contributed by atoms with Gasteiger partial charge in [-0.1, -0.05) is 37.6 Å². The Hall–Kier alpha value is -2.14. The Balaban J connectivity index is 1.85. The number of carbonyl (C=O) groups excluding carboxylic acids is 1. The Kier molecular flexibility index (Phi) is 6.35. The molecule has 23 heavy (non-hydrogen) atoms. The first-order valence-corrected chi connectivity index (χ1v) is 8.15. The molecule has 0 aliphatic heterocycles. The molecule has 1 aromatic carbocycles. The summed E-state index contributed by atoms with van der Waals surface area (Å²) in [6.07, 6.45) is 4.58. The number of benzene rings is 1. The summed E-state index contributed by atoms with van der Waals surface area (Å²) in [6, 6.07) is 7.76. The number of hydrogen-bond donors (Lipinski definition) is 2. The van der Waals surface area contributed by atoms with E-state index in [0.717, 1.165) is 42.6 Å². The van der Waals surface area contributed by atoms with Gasteiger partial charge >= 0.3 is 0 Å². The van der Waals surface area contributed by atoms with Crippen LogP contribution in [0.1, 0.15) is 46.9 Å². The summed E-state index contributed by atoms with van der Waals surface area (Å²) < 4.78 is 1.89. The molecule has 2 N–H and O–H groups in total. The van der Waals surface area contributed by atoms with Crippen LogP contribution in [0.3, 0.4) is 0 Å². The smallest absolute Gasteiger partial charge is 0.254 e. The Morgan fingerprint density at radius 3 is 2.61 bits per heavy atom. The molecule has 1 amide bonds. The van der Waals surface area contributed by atoms with Crippen LogP contribution in [0.25, 0.3) is 0 Å². The first-order chi connectivity index (χ1) is 11.2. The third kappa shape index (κ3) is 4.66. The predicted molar refractivity (Wildman–Crippen MR) is 90.3 cm³/mol. The Bertz CT molecular complexity index is 632. The van der Waals surface area contributed by atoms with E-state index in [2.05, 4.69) is 17.3 Å². The standard InChI is InChI=1S/C18H25N3O2/c1-3-4-11-21-14(2)17(12-20-21)18(23)19-10-9-15-5-7-16(13-22)8-6-15/h5-8,12,22H,3-4,9-11,13H2,1-2H3,(H,19,23). The third-order valence-corrected chi connectivity index (χ3v) is 3.98. The highest BCUT2D eigenvalue weighted by atomic mass is 16.3. The van der Waals surface area contributed by atoms with Crippen molar-refractivity contribution in [2.24, 2.45) is 0 Å². The normalized spacial score (nSPS) is 10.7. The minimum atomic E-state index is -0.0720.